The van der Waals surface area contributed by atoms with Crippen LogP contribution in [0.15, 0.2) is 36.5 Å². The molecule has 3 saturated heterocycles. The highest BCUT2D eigenvalue weighted by molar-refractivity contribution is 5.93. The number of amides is 1. The van der Waals surface area contributed by atoms with E-state index < -0.39 is 0 Å². The van der Waals surface area contributed by atoms with Crippen molar-refractivity contribution in [2.45, 2.75) is 31.8 Å². The summed E-state index contributed by atoms with van der Waals surface area (Å²) in [5.74, 6) is 0.616. The van der Waals surface area contributed by atoms with E-state index in [9.17, 15) is 4.79 Å². The molecule has 3 fully saturated rings. The number of nitrogens with one attached hydrogen (secondary N) is 1. The number of hydrogen-bond donors (Lipinski definition) is 2. The number of anilines is 1. The maximum absolute atomic E-state index is 12.7. The van der Waals surface area contributed by atoms with Crippen LogP contribution in [0.3, 0.4) is 0 Å². The SMILES string of the molecule is O=C(Nc1ccccc1)[C@@H]1CN2CC[C@H]1C[C@@H]2Cn1cc(CCO)nn1. The summed E-state index contributed by atoms with van der Waals surface area (Å²) in [4.78, 5) is 15.1. The van der Waals surface area contributed by atoms with Crippen molar-refractivity contribution in [3.8, 4) is 0 Å². The Morgan fingerprint density at radius 3 is 2.88 bits per heavy atom. The molecule has 1 aromatic heterocycles. The molecular weight excluding hydrogens is 330 g/mol. The van der Waals surface area contributed by atoms with E-state index in [-0.39, 0.29) is 18.4 Å². The molecule has 138 valence electrons. The summed E-state index contributed by atoms with van der Waals surface area (Å²) in [5, 5.41) is 20.3. The van der Waals surface area contributed by atoms with Crippen molar-refractivity contribution in [1.82, 2.24) is 19.9 Å². The molecule has 0 spiro atoms. The number of hydrogen-bond acceptors (Lipinski definition) is 5. The largest absolute Gasteiger partial charge is 0.396 e. The molecule has 2 N–H and O–H groups in total. The zero-order valence-electron chi connectivity index (χ0n) is 14.8. The fourth-order valence-electron chi connectivity index (χ4n) is 4.25. The fraction of sp³-hybridized carbons (Fsp3) is 0.526. The molecule has 0 aliphatic carbocycles. The Hall–Kier alpha value is -2.25. The summed E-state index contributed by atoms with van der Waals surface area (Å²) < 4.78 is 1.87. The Kier molecular flexibility index (Phi) is 4.99. The number of carbonyl (C=O) groups is 1. The maximum Gasteiger partial charge on any atom is 0.229 e. The first-order chi connectivity index (χ1) is 12.7. The minimum Gasteiger partial charge on any atom is -0.396 e. The Labute approximate surface area is 153 Å². The molecule has 1 aromatic carbocycles. The molecule has 0 saturated carbocycles. The van der Waals surface area contributed by atoms with Crippen LogP contribution in [-0.4, -0.2) is 56.6 Å². The highest BCUT2D eigenvalue weighted by atomic mass is 16.3. The third-order valence-corrected chi connectivity index (χ3v) is 5.61. The Morgan fingerprint density at radius 2 is 2.15 bits per heavy atom. The van der Waals surface area contributed by atoms with Gasteiger partial charge in [-0.25, -0.2) is 0 Å². The van der Waals surface area contributed by atoms with Gasteiger partial charge in [-0.2, -0.15) is 0 Å². The van der Waals surface area contributed by atoms with E-state index in [4.69, 9.17) is 5.11 Å². The molecular formula is C19H25N5O2. The lowest BCUT2D eigenvalue weighted by atomic mass is 9.75. The van der Waals surface area contributed by atoms with Crippen molar-refractivity contribution in [2.24, 2.45) is 11.8 Å². The van der Waals surface area contributed by atoms with Gasteiger partial charge in [0.25, 0.3) is 0 Å². The van der Waals surface area contributed by atoms with Crippen molar-refractivity contribution in [1.29, 1.82) is 0 Å². The van der Waals surface area contributed by atoms with Crippen LogP contribution in [0, 0.1) is 11.8 Å². The van der Waals surface area contributed by atoms with E-state index in [0.717, 1.165) is 43.9 Å². The number of piperidine rings is 3. The minimum atomic E-state index is 0.0564. The van der Waals surface area contributed by atoms with Gasteiger partial charge < -0.3 is 10.4 Å². The summed E-state index contributed by atoms with van der Waals surface area (Å²) in [6, 6.07) is 10.1. The number of aliphatic hydroxyl groups is 1. The van der Waals surface area contributed by atoms with Crippen molar-refractivity contribution in [3.63, 3.8) is 0 Å². The molecule has 4 heterocycles. The van der Waals surface area contributed by atoms with E-state index in [1.807, 2.05) is 41.2 Å². The summed E-state index contributed by atoms with van der Waals surface area (Å²) in [7, 11) is 0. The number of aromatic nitrogens is 3. The summed E-state index contributed by atoms with van der Waals surface area (Å²) in [5.41, 5.74) is 1.69. The number of benzene rings is 1. The molecule has 5 rings (SSSR count). The fourth-order valence-corrected chi connectivity index (χ4v) is 4.25. The van der Waals surface area contributed by atoms with Gasteiger partial charge in [-0.15, -0.1) is 5.10 Å². The molecule has 26 heavy (non-hydrogen) atoms. The van der Waals surface area contributed by atoms with Gasteiger partial charge in [-0.3, -0.25) is 14.4 Å². The highest BCUT2D eigenvalue weighted by Gasteiger charge is 2.43. The topological polar surface area (TPSA) is 83.3 Å². The first-order valence-electron chi connectivity index (χ1n) is 9.33. The maximum atomic E-state index is 12.7. The van der Waals surface area contributed by atoms with Crippen LogP contribution in [0.5, 0.6) is 0 Å². The number of para-hydroxylation sites is 1. The normalized spacial score (nSPS) is 27.4. The lowest BCUT2D eigenvalue weighted by Crippen LogP contribution is -2.57. The Morgan fingerprint density at radius 1 is 1.31 bits per heavy atom. The second-order valence-electron chi connectivity index (χ2n) is 7.30. The van der Waals surface area contributed by atoms with Gasteiger partial charge in [0, 0.05) is 37.5 Å². The first-order valence-corrected chi connectivity index (χ1v) is 9.33. The third-order valence-electron chi connectivity index (χ3n) is 5.61. The number of aliphatic hydroxyl groups excluding tert-OH is 1. The molecule has 4 atom stereocenters. The smallest absolute Gasteiger partial charge is 0.229 e. The van der Waals surface area contributed by atoms with Crippen molar-refractivity contribution >= 4 is 11.6 Å². The van der Waals surface area contributed by atoms with E-state index in [1.165, 1.54) is 0 Å². The quantitative estimate of drug-likeness (QED) is 0.813. The average Bonchev–Trinajstić information content (AvgIpc) is 3.10. The average molecular weight is 355 g/mol. The van der Waals surface area contributed by atoms with Gasteiger partial charge >= 0.3 is 0 Å². The lowest BCUT2D eigenvalue weighted by Gasteiger charge is -2.49. The van der Waals surface area contributed by atoms with E-state index >= 15 is 0 Å². The molecule has 7 heteroatoms. The van der Waals surface area contributed by atoms with Gasteiger partial charge in [-0.1, -0.05) is 23.4 Å². The second-order valence-corrected chi connectivity index (χ2v) is 7.30. The molecule has 3 aliphatic heterocycles. The first kappa shape index (κ1) is 17.2. The van der Waals surface area contributed by atoms with Gasteiger partial charge in [-0.05, 0) is 37.4 Å². The van der Waals surface area contributed by atoms with Crippen molar-refractivity contribution in [3.05, 3.63) is 42.2 Å². The van der Waals surface area contributed by atoms with Crippen LogP contribution in [0.2, 0.25) is 0 Å². The summed E-state index contributed by atoms with van der Waals surface area (Å²) in [6.07, 6.45) is 4.55. The zero-order chi connectivity index (χ0) is 17.9. The summed E-state index contributed by atoms with van der Waals surface area (Å²) >= 11 is 0. The second kappa shape index (κ2) is 7.55. The summed E-state index contributed by atoms with van der Waals surface area (Å²) in [6.45, 7) is 2.74. The van der Waals surface area contributed by atoms with Crippen molar-refractivity contribution in [2.75, 3.05) is 25.0 Å². The van der Waals surface area contributed by atoms with Crippen LogP contribution in [0.25, 0.3) is 0 Å². The molecule has 7 nitrogen and oxygen atoms in total. The van der Waals surface area contributed by atoms with Crippen LogP contribution < -0.4 is 5.32 Å². The third kappa shape index (κ3) is 3.64. The van der Waals surface area contributed by atoms with Gasteiger partial charge in [0.2, 0.25) is 5.91 Å². The van der Waals surface area contributed by atoms with Crippen LogP contribution >= 0.6 is 0 Å². The predicted octanol–water partition coefficient (Wildman–Crippen LogP) is 1.16. The molecule has 3 aliphatic rings. The molecule has 2 bridgehead atoms. The van der Waals surface area contributed by atoms with Gasteiger partial charge in [0.05, 0.1) is 18.2 Å². The molecule has 1 amide bonds. The molecule has 1 unspecified atom stereocenters. The lowest BCUT2D eigenvalue weighted by molar-refractivity contribution is -0.127. The van der Waals surface area contributed by atoms with E-state index in [2.05, 4.69) is 20.5 Å². The highest BCUT2D eigenvalue weighted by Crippen LogP contribution is 2.37. The monoisotopic (exact) mass is 355 g/mol. The van der Waals surface area contributed by atoms with Crippen LogP contribution in [0.1, 0.15) is 18.5 Å². The number of fused-ring (bicyclic) bond motifs is 3. The standard InChI is InChI=1S/C19H25N5O2/c25-9-7-16-11-24(22-21-16)12-17-10-14-6-8-23(17)13-18(14)19(26)20-15-4-2-1-3-5-15/h1-5,11,14,17-18,25H,6-10,12-13H2,(H,20,26)/t14-,17+,18+/m0/s1. The number of carbonyl (C=O) groups excluding carboxylic acids is 1. The zero-order valence-corrected chi connectivity index (χ0v) is 14.8. The minimum absolute atomic E-state index is 0.0564. The Balaban J connectivity index is 1.37. The van der Waals surface area contributed by atoms with Gasteiger partial charge in [0.1, 0.15) is 0 Å². The molecule has 0 radical (unpaired) electrons. The number of rotatable bonds is 6. The predicted molar refractivity (Wildman–Crippen MR) is 97.5 cm³/mol. The Bertz CT molecular complexity index is 747. The van der Waals surface area contributed by atoms with Gasteiger partial charge in [0.15, 0.2) is 0 Å². The molecule has 2 aromatic rings. The van der Waals surface area contributed by atoms with Crippen LogP contribution in [-0.2, 0) is 17.8 Å². The van der Waals surface area contributed by atoms with E-state index in [0.29, 0.717) is 18.4 Å². The van der Waals surface area contributed by atoms with E-state index in [1.54, 1.807) is 0 Å². The van der Waals surface area contributed by atoms with Crippen LogP contribution in [0.4, 0.5) is 5.69 Å². The van der Waals surface area contributed by atoms with Crippen molar-refractivity contribution < 1.29 is 9.90 Å². The number of nitrogens with zero attached hydrogens (tertiary/aromatic N) is 4.